The lowest BCUT2D eigenvalue weighted by Gasteiger charge is -2.22. The molecule has 1 aromatic heterocycles. The third-order valence-electron chi connectivity index (χ3n) is 2.61. The van der Waals surface area contributed by atoms with Crippen LogP contribution in [0.15, 0.2) is 12.4 Å². The molecule has 1 amide bonds. The van der Waals surface area contributed by atoms with Gasteiger partial charge in [-0.05, 0) is 20.9 Å². The number of carbonyl (C=O) groups excluding carboxylic acids is 1. The molecule has 0 spiro atoms. The van der Waals surface area contributed by atoms with Gasteiger partial charge in [0.1, 0.15) is 12.4 Å². The lowest BCUT2D eigenvalue weighted by atomic mass is 10.3. The van der Waals surface area contributed by atoms with Crippen LogP contribution in [-0.2, 0) is 17.9 Å². The molecule has 16 heavy (non-hydrogen) atoms. The standard InChI is InChI=1S/C11H20N4O/c1-9(2)14(4)11(16)8-15-6-5-13-10(15)7-12-3/h5-6,9,12H,7-8H2,1-4H3. The molecule has 5 heteroatoms. The first-order valence-electron chi connectivity index (χ1n) is 5.46. The van der Waals surface area contributed by atoms with E-state index < -0.39 is 0 Å². The van der Waals surface area contributed by atoms with Crippen LogP contribution in [0, 0.1) is 0 Å². The number of likely N-dealkylation sites (N-methyl/N-ethyl adjacent to an activating group) is 1. The van der Waals surface area contributed by atoms with Gasteiger partial charge in [0.2, 0.25) is 5.91 Å². The maximum absolute atomic E-state index is 11.9. The Morgan fingerprint density at radius 2 is 2.31 bits per heavy atom. The normalized spacial score (nSPS) is 10.8. The maximum atomic E-state index is 11.9. The van der Waals surface area contributed by atoms with Gasteiger partial charge in [-0.3, -0.25) is 4.79 Å². The highest BCUT2D eigenvalue weighted by molar-refractivity contribution is 5.76. The SMILES string of the molecule is CNCc1nccn1CC(=O)N(C)C(C)C. The van der Waals surface area contributed by atoms with Crippen LogP contribution in [0.5, 0.6) is 0 Å². The lowest BCUT2D eigenvalue weighted by Crippen LogP contribution is -2.35. The molecule has 0 fully saturated rings. The Kier molecular flexibility index (Phi) is 4.49. The smallest absolute Gasteiger partial charge is 0.242 e. The van der Waals surface area contributed by atoms with Gasteiger partial charge in [-0.25, -0.2) is 4.98 Å². The van der Waals surface area contributed by atoms with Crippen LogP contribution < -0.4 is 5.32 Å². The molecule has 1 rings (SSSR count). The van der Waals surface area contributed by atoms with E-state index in [2.05, 4.69) is 10.3 Å². The fourth-order valence-electron chi connectivity index (χ4n) is 1.35. The van der Waals surface area contributed by atoms with Crippen LogP contribution in [0.3, 0.4) is 0 Å². The highest BCUT2D eigenvalue weighted by Crippen LogP contribution is 2.01. The molecule has 0 aliphatic heterocycles. The highest BCUT2D eigenvalue weighted by Gasteiger charge is 2.13. The van der Waals surface area contributed by atoms with Gasteiger partial charge in [-0.1, -0.05) is 0 Å². The first-order chi connectivity index (χ1) is 7.56. The van der Waals surface area contributed by atoms with E-state index in [1.54, 1.807) is 11.1 Å². The van der Waals surface area contributed by atoms with Gasteiger partial charge in [0, 0.05) is 25.5 Å². The van der Waals surface area contributed by atoms with Gasteiger partial charge in [-0.2, -0.15) is 0 Å². The number of carbonyl (C=O) groups is 1. The predicted octanol–water partition coefficient (Wildman–Crippen LogP) is 0.469. The molecule has 1 heterocycles. The van der Waals surface area contributed by atoms with Gasteiger partial charge < -0.3 is 14.8 Å². The van der Waals surface area contributed by atoms with Crippen molar-refractivity contribution in [2.24, 2.45) is 0 Å². The van der Waals surface area contributed by atoms with Gasteiger partial charge in [0.25, 0.3) is 0 Å². The Morgan fingerprint density at radius 3 is 2.88 bits per heavy atom. The van der Waals surface area contributed by atoms with Crippen molar-refractivity contribution < 1.29 is 4.79 Å². The highest BCUT2D eigenvalue weighted by atomic mass is 16.2. The van der Waals surface area contributed by atoms with E-state index in [9.17, 15) is 4.79 Å². The van der Waals surface area contributed by atoms with Crippen molar-refractivity contribution in [1.82, 2.24) is 19.8 Å². The van der Waals surface area contributed by atoms with Crippen molar-refractivity contribution in [2.45, 2.75) is 33.0 Å². The first-order valence-corrected chi connectivity index (χ1v) is 5.46. The summed E-state index contributed by atoms with van der Waals surface area (Å²) < 4.78 is 1.87. The zero-order chi connectivity index (χ0) is 12.1. The van der Waals surface area contributed by atoms with E-state index in [0.717, 1.165) is 5.82 Å². The number of hydrogen-bond acceptors (Lipinski definition) is 3. The predicted molar refractivity (Wildman–Crippen MR) is 62.9 cm³/mol. The second kappa shape index (κ2) is 5.65. The quantitative estimate of drug-likeness (QED) is 0.791. The maximum Gasteiger partial charge on any atom is 0.242 e. The summed E-state index contributed by atoms with van der Waals surface area (Å²) in [4.78, 5) is 17.8. The number of nitrogens with one attached hydrogen (secondary N) is 1. The Bertz CT molecular complexity index is 346. The molecule has 0 unspecified atom stereocenters. The van der Waals surface area contributed by atoms with E-state index in [4.69, 9.17) is 0 Å². The molecule has 0 radical (unpaired) electrons. The average Bonchev–Trinajstić information content (AvgIpc) is 2.65. The van der Waals surface area contributed by atoms with Gasteiger partial charge in [0.05, 0.1) is 6.54 Å². The molecular formula is C11H20N4O. The van der Waals surface area contributed by atoms with Crippen LogP contribution in [0.4, 0.5) is 0 Å². The minimum Gasteiger partial charge on any atom is -0.342 e. The zero-order valence-corrected chi connectivity index (χ0v) is 10.4. The summed E-state index contributed by atoms with van der Waals surface area (Å²) in [7, 11) is 3.68. The number of aromatic nitrogens is 2. The van der Waals surface area contributed by atoms with Gasteiger partial charge in [-0.15, -0.1) is 0 Å². The fraction of sp³-hybridized carbons (Fsp3) is 0.636. The Hall–Kier alpha value is -1.36. The summed E-state index contributed by atoms with van der Waals surface area (Å²) in [5.41, 5.74) is 0. The molecule has 1 aromatic rings. The Morgan fingerprint density at radius 1 is 1.62 bits per heavy atom. The van der Waals surface area contributed by atoms with Crippen molar-refractivity contribution in [3.8, 4) is 0 Å². The van der Waals surface area contributed by atoms with Crippen molar-refractivity contribution in [1.29, 1.82) is 0 Å². The van der Waals surface area contributed by atoms with Crippen LogP contribution >= 0.6 is 0 Å². The van der Waals surface area contributed by atoms with E-state index in [-0.39, 0.29) is 11.9 Å². The molecule has 5 nitrogen and oxygen atoms in total. The summed E-state index contributed by atoms with van der Waals surface area (Å²) in [6.07, 6.45) is 3.55. The largest absolute Gasteiger partial charge is 0.342 e. The number of nitrogens with zero attached hydrogens (tertiary/aromatic N) is 3. The molecule has 0 aliphatic rings. The minimum absolute atomic E-state index is 0.102. The molecule has 90 valence electrons. The van der Waals surface area contributed by atoms with E-state index in [1.807, 2.05) is 38.7 Å². The van der Waals surface area contributed by atoms with Crippen LogP contribution in [0.2, 0.25) is 0 Å². The molecule has 0 aromatic carbocycles. The lowest BCUT2D eigenvalue weighted by molar-refractivity contribution is -0.132. The summed E-state index contributed by atoms with van der Waals surface area (Å²) in [6.45, 7) is 5.03. The first kappa shape index (κ1) is 12.7. The molecule has 0 saturated carbocycles. The third-order valence-corrected chi connectivity index (χ3v) is 2.61. The molecule has 1 N–H and O–H groups in total. The number of hydrogen-bond donors (Lipinski definition) is 1. The molecule has 0 aliphatic carbocycles. The van der Waals surface area contributed by atoms with E-state index in [0.29, 0.717) is 13.1 Å². The average molecular weight is 224 g/mol. The van der Waals surface area contributed by atoms with Crippen LogP contribution in [-0.4, -0.2) is 40.5 Å². The fourth-order valence-corrected chi connectivity index (χ4v) is 1.35. The molecule has 0 saturated heterocycles. The van der Waals surface area contributed by atoms with Crippen LogP contribution in [0.1, 0.15) is 19.7 Å². The summed E-state index contributed by atoms with van der Waals surface area (Å²) in [6, 6.07) is 0.226. The van der Waals surface area contributed by atoms with Gasteiger partial charge >= 0.3 is 0 Å². The zero-order valence-electron chi connectivity index (χ0n) is 10.4. The van der Waals surface area contributed by atoms with Gasteiger partial charge in [0.15, 0.2) is 0 Å². The molecule has 0 bridgehead atoms. The molecule has 0 atom stereocenters. The number of imidazole rings is 1. The number of rotatable bonds is 5. The Balaban J connectivity index is 2.65. The minimum atomic E-state index is 0.102. The van der Waals surface area contributed by atoms with Crippen molar-refractivity contribution in [3.05, 3.63) is 18.2 Å². The summed E-state index contributed by atoms with van der Waals surface area (Å²) in [5.74, 6) is 0.985. The second-order valence-corrected chi connectivity index (χ2v) is 4.10. The van der Waals surface area contributed by atoms with E-state index in [1.165, 1.54) is 0 Å². The van der Waals surface area contributed by atoms with Crippen molar-refractivity contribution >= 4 is 5.91 Å². The third kappa shape index (κ3) is 3.06. The monoisotopic (exact) mass is 224 g/mol. The van der Waals surface area contributed by atoms with Crippen LogP contribution in [0.25, 0.3) is 0 Å². The topological polar surface area (TPSA) is 50.2 Å². The van der Waals surface area contributed by atoms with Crippen molar-refractivity contribution in [3.63, 3.8) is 0 Å². The van der Waals surface area contributed by atoms with E-state index >= 15 is 0 Å². The summed E-state index contributed by atoms with van der Waals surface area (Å²) >= 11 is 0. The second-order valence-electron chi connectivity index (χ2n) is 4.10. The van der Waals surface area contributed by atoms with Crippen molar-refractivity contribution in [2.75, 3.05) is 14.1 Å². The Labute approximate surface area is 96.5 Å². The summed E-state index contributed by atoms with van der Waals surface area (Å²) in [5, 5.41) is 3.03. The molecular weight excluding hydrogens is 204 g/mol. The number of amides is 1.